The van der Waals surface area contributed by atoms with E-state index in [0.717, 1.165) is 6.42 Å². The van der Waals surface area contributed by atoms with Crippen molar-refractivity contribution in [1.82, 2.24) is 15.0 Å². The van der Waals surface area contributed by atoms with Crippen LogP contribution in [-0.4, -0.2) is 55.4 Å². The molecule has 0 aliphatic heterocycles. The van der Waals surface area contributed by atoms with Crippen molar-refractivity contribution >= 4 is 11.9 Å². The van der Waals surface area contributed by atoms with E-state index in [9.17, 15) is 0 Å². The number of hydrogen-bond donors (Lipinski definition) is 1. The highest BCUT2D eigenvalue weighted by atomic mass is 16.5. The summed E-state index contributed by atoms with van der Waals surface area (Å²) in [6, 6.07) is 0.315. The fourth-order valence-electron chi connectivity index (χ4n) is 1.21. The van der Waals surface area contributed by atoms with Crippen molar-refractivity contribution in [2.75, 3.05) is 45.1 Å². The largest absolute Gasteiger partial charge is 0.463 e. The van der Waals surface area contributed by atoms with Crippen molar-refractivity contribution in [3.63, 3.8) is 0 Å². The monoisotopic (exact) mass is 269 g/mol. The first-order valence-corrected chi connectivity index (χ1v) is 6.17. The number of ether oxygens (including phenoxy) is 2. The first-order valence-electron chi connectivity index (χ1n) is 6.17. The maximum absolute atomic E-state index is 5.57. The maximum Gasteiger partial charge on any atom is 0.323 e. The van der Waals surface area contributed by atoms with E-state index < -0.39 is 0 Å². The third-order valence-electron chi connectivity index (χ3n) is 2.71. The van der Waals surface area contributed by atoms with Crippen molar-refractivity contribution in [3.8, 4) is 6.01 Å². The van der Waals surface area contributed by atoms with E-state index >= 15 is 0 Å². The molecule has 0 bridgehead atoms. The molecule has 1 aromatic heterocycles. The SMILES string of the molecule is CNc1nc(OCCC(C)(C)OC)nc(N(C)C)n1. The lowest BCUT2D eigenvalue weighted by Gasteiger charge is -2.22. The van der Waals surface area contributed by atoms with Crippen LogP contribution in [0.2, 0.25) is 0 Å². The van der Waals surface area contributed by atoms with Gasteiger partial charge in [0.25, 0.3) is 0 Å². The normalized spacial score (nSPS) is 11.3. The molecular formula is C12H23N5O2. The molecule has 19 heavy (non-hydrogen) atoms. The number of nitrogens with one attached hydrogen (secondary N) is 1. The first kappa shape index (κ1) is 15.4. The van der Waals surface area contributed by atoms with Crippen LogP contribution >= 0.6 is 0 Å². The Bertz CT molecular complexity index is 409. The summed E-state index contributed by atoms with van der Waals surface area (Å²) in [6.45, 7) is 4.50. The minimum absolute atomic E-state index is 0.219. The Morgan fingerprint density at radius 2 is 1.89 bits per heavy atom. The zero-order valence-corrected chi connectivity index (χ0v) is 12.5. The Balaban J connectivity index is 2.70. The molecule has 1 rings (SSSR count). The molecule has 1 N–H and O–H groups in total. The van der Waals surface area contributed by atoms with Crippen molar-refractivity contribution in [1.29, 1.82) is 0 Å². The molecule has 0 unspecified atom stereocenters. The van der Waals surface area contributed by atoms with Crippen molar-refractivity contribution in [3.05, 3.63) is 0 Å². The Hall–Kier alpha value is -1.63. The second-order valence-electron chi connectivity index (χ2n) is 4.95. The highest BCUT2D eigenvalue weighted by Gasteiger charge is 2.17. The number of nitrogens with zero attached hydrogens (tertiary/aromatic N) is 4. The van der Waals surface area contributed by atoms with Gasteiger partial charge in [-0.15, -0.1) is 0 Å². The van der Waals surface area contributed by atoms with Crippen LogP contribution in [0, 0.1) is 0 Å². The average Bonchev–Trinajstić information content (AvgIpc) is 2.38. The van der Waals surface area contributed by atoms with Crippen LogP contribution in [-0.2, 0) is 4.74 Å². The van der Waals surface area contributed by atoms with Crippen LogP contribution in [0.3, 0.4) is 0 Å². The summed E-state index contributed by atoms with van der Waals surface area (Å²) >= 11 is 0. The lowest BCUT2D eigenvalue weighted by Crippen LogP contribution is -2.25. The lowest BCUT2D eigenvalue weighted by molar-refractivity contribution is 0.00468. The summed E-state index contributed by atoms with van der Waals surface area (Å²) in [4.78, 5) is 14.4. The van der Waals surface area contributed by atoms with Gasteiger partial charge < -0.3 is 19.7 Å². The van der Waals surface area contributed by atoms with Crippen LogP contribution in [0.1, 0.15) is 20.3 Å². The zero-order valence-electron chi connectivity index (χ0n) is 12.5. The standard InChI is InChI=1S/C12H23N5O2/c1-12(2,18-6)7-8-19-11-15-9(13-3)14-10(16-11)17(4)5/h7-8H2,1-6H3,(H,13,14,15,16). The Morgan fingerprint density at radius 1 is 1.21 bits per heavy atom. The van der Waals surface area contributed by atoms with Gasteiger partial charge in [-0.3, -0.25) is 0 Å². The van der Waals surface area contributed by atoms with E-state index in [1.807, 2.05) is 27.9 Å². The predicted molar refractivity (Wildman–Crippen MR) is 74.9 cm³/mol. The molecule has 0 saturated heterocycles. The van der Waals surface area contributed by atoms with Gasteiger partial charge in [-0.25, -0.2) is 0 Å². The number of anilines is 2. The molecule has 0 saturated carbocycles. The fourth-order valence-corrected chi connectivity index (χ4v) is 1.21. The van der Waals surface area contributed by atoms with Gasteiger partial charge in [0.05, 0.1) is 12.2 Å². The Labute approximate surface area is 114 Å². The predicted octanol–water partition coefficient (Wildman–Crippen LogP) is 1.17. The van der Waals surface area contributed by atoms with Crippen LogP contribution in [0.4, 0.5) is 11.9 Å². The van der Waals surface area contributed by atoms with Crippen LogP contribution in [0.15, 0.2) is 0 Å². The average molecular weight is 269 g/mol. The molecule has 108 valence electrons. The molecule has 0 amide bonds. The van der Waals surface area contributed by atoms with Gasteiger partial charge in [-0.05, 0) is 13.8 Å². The number of hydrogen-bond acceptors (Lipinski definition) is 7. The third-order valence-corrected chi connectivity index (χ3v) is 2.71. The van der Waals surface area contributed by atoms with E-state index in [1.54, 1.807) is 19.1 Å². The molecule has 0 aromatic carbocycles. The third kappa shape index (κ3) is 4.86. The summed E-state index contributed by atoms with van der Waals surface area (Å²) in [7, 11) is 7.18. The van der Waals surface area contributed by atoms with E-state index in [4.69, 9.17) is 9.47 Å². The number of methoxy groups -OCH3 is 1. The fraction of sp³-hybridized carbons (Fsp3) is 0.750. The minimum Gasteiger partial charge on any atom is -0.463 e. The topological polar surface area (TPSA) is 72.4 Å². The van der Waals surface area contributed by atoms with Gasteiger partial charge in [-0.1, -0.05) is 0 Å². The van der Waals surface area contributed by atoms with Crippen molar-refractivity contribution in [2.45, 2.75) is 25.9 Å². The number of rotatable bonds is 7. The van der Waals surface area contributed by atoms with Crippen LogP contribution in [0.5, 0.6) is 6.01 Å². The Morgan fingerprint density at radius 3 is 2.42 bits per heavy atom. The molecule has 0 aliphatic rings. The van der Waals surface area contributed by atoms with E-state index in [0.29, 0.717) is 24.5 Å². The molecule has 7 nitrogen and oxygen atoms in total. The number of aromatic nitrogens is 3. The van der Waals surface area contributed by atoms with Gasteiger partial charge >= 0.3 is 6.01 Å². The van der Waals surface area contributed by atoms with Crippen molar-refractivity contribution in [2.24, 2.45) is 0 Å². The molecule has 1 heterocycles. The Kier molecular flexibility index (Phi) is 5.29. The summed E-state index contributed by atoms with van der Waals surface area (Å²) in [5.74, 6) is 1.04. The second-order valence-corrected chi connectivity index (χ2v) is 4.95. The highest BCUT2D eigenvalue weighted by molar-refractivity contribution is 5.36. The summed E-state index contributed by atoms with van der Waals surface area (Å²) in [5.41, 5.74) is -0.219. The van der Waals surface area contributed by atoms with Gasteiger partial charge in [-0.2, -0.15) is 15.0 Å². The summed E-state index contributed by atoms with van der Waals surface area (Å²) in [5, 5.41) is 2.89. The summed E-state index contributed by atoms with van der Waals surface area (Å²) < 4.78 is 10.9. The van der Waals surface area contributed by atoms with E-state index in [-0.39, 0.29) is 5.60 Å². The summed E-state index contributed by atoms with van der Waals surface area (Å²) in [6.07, 6.45) is 0.751. The van der Waals surface area contributed by atoms with E-state index in [2.05, 4.69) is 20.3 Å². The first-order chi connectivity index (χ1) is 8.88. The van der Waals surface area contributed by atoms with Crippen LogP contribution in [0.25, 0.3) is 0 Å². The quantitative estimate of drug-likeness (QED) is 0.796. The molecule has 0 radical (unpaired) electrons. The highest BCUT2D eigenvalue weighted by Crippen LogP contribution is 2.16. The minimum atomic E-state index is -0.219. The van der Waals surface area contributed by atoms with E-state index in [1.165, 1.54) is 0 Å². The van der Waals surface area contributed by atoms with Gasteiger partial charge in [0.1, 0.15) is 0 Å². The molecule has 0 spiro atoms. The molecular weight excluding hydrogens is 246 g/mol. The second kappa shape index (κ2) is 6.51. The molecule has 0 fully saturated rings. The van der Waals surface area contributed by atoms with Gasteiger partial charge in [0, 0.05) is 34.7 Å². The molecule has 0 aliphatic carbocycles. The molecule has 0 atom stereocenters. The van der Waals surface area contributed by atoms with Crippen molar-refractivity contribution < 1.29 is 9.47 Å². The van der Waals surface area contributed by atoms with Gasteiger partial charge in [0.15, 0.2) is 0 Å². The van der Waals surface area contributed by atoms with Gasteiger partial charge in [0.2, 0.25) is 11.9 Å². The molecule has 1 aromatic rings. The maximum atomic E-state index is 5.57. The smallest absolute Gasteiger partial charge is 0.323 e. The lowest BCUT2D eigenvalue weighted by atomic mass is 10.1. The van der Waals surface area contributed by atoms with Crippen LogP contribution < -0.4 is 15.0 Å². The zero-order chi connectivity index (χ0) is 14.5. The molecule has 7 heteroatoms.